The molecule has 0 aliphatic carbocycles. The third-order valence-corrected chi connectivity index (χ3v) is 5.52. The minimum atomic E-state index is -1.27. The second-order valence-corrected chi connectivity index (χ2v) is 6.56. The second kappa shape index (κ2) is 7.70. The van der Waals surface area contributed by atoms with Crippen molar-refractivity contribution in [2.24, 2.45) is 5.16 Å². The first-order valence-corrected chi connectivity index (χ1v) is 8.11. The number of oxime groups is 1. The Morgan fingerprint density at radius 1 is 1.45 bits per heavy atom. The molecule has 1 aliphatic heterocycles. The number of carbonyl (C=O) groups is 1. The summed E-state index contributed by atoms with van der Waals surface area (Å²) in [5.41, 5.74) is 0.796. The van der Waals surface area contributed by atoms with Crippen LogP contribution in [0.4, 0.5) is 0 Å². The number of carboxylic acid groups (broad SMARTS) is 1. The van der Waals surface area contributed by atoms with Crippen molar-refractivity contribution in [1.82, 2.24) is 0 Å². The molecule has 3 rings (SSSR count). The molecular formula is C14H12NNaO4S2. The van der Waals surface area contributed by atoms with Gasteiger partial charge in [-0.05, 0) is 18.2 Å². The Morgan fingerprint density at radius 3 is 3.00 bits per heavy atom. The molecule has 1 aliphatic rings. The van der Waals surface area contributed by atoms with Crippen molar-refractivity contribution in [3.8, 4) is 5.75 Å². The molecule has 0 radical (unpaired) electrons. The minimum Gasteiger partial charge on any atom is -0.546 e. The van der Waals surface area contributed by atoms with E-state index in [1.807, 2.05) is 18.2 Å². The van der Waals surface area contributed by atoms with Crippen LogP contribution >= 0.6 is 23.1 Å². The van der Waals surface area contributed by atoms with Crippen molar-refractivity contribution in [1.29, 1.82) is 0 Å². The monoisotopic (exact) mass is 345 g/mol. The predicted octanol–water partition coefficient (Wildman–Crippen LogP) is -1.12. The maximum absolute atomic E-state index is 10.4. The summed E-state index contributed by atoms with van der Waals surface area (Å²) < 4.78 is 6.42. The van der Waals surface area contributed by atoms with E-state index >= 15 is 0 Å². The zero-order valence-electron chi connectivity index (χ0n) is 12.3. The molecule has 0 fully saturated rings. The normalized spacial score (nSPS) is 15.2. The summed E-state index contributed by atoms with van der Waals surface area (Å²) in [4.78, 5) is 17.4. The van der Waals surface area contributed by atoms with E-state index in [9.17, 15) is 9.90 Å². The Labute approximate surface area is 158 Å². The number of thiophene rings is 1. The fraction of sp³-hybridized carbons (Fsp3) is 0.286. The Hall–Kier alpha value is -0.730. The smallest absolute Gasteiger partial charge is 0.546 e. The van der Waals surface area contributed by atoms with Crippen LogP contribution in [-0.4, -0.2) is 31.2 Å². The van der Waals surface area contributed by atoms with Crippen LogP contribution in [0, 0.1) is 0 Å². The van der Waals surface area contributed by atoms with Gasteiger partial charge in [0.05, 0.1) is 23.7 Å². The number of hydrogen-bond acceptors (Lipinski definition) is 7. The molecule has 0 spiro atoms. The molecule has 0 bridgehead atoms. The number of nitrogens with zero attached hydrogens (tertiary/aromatic N) is 1. The number of carbonyl (C=O) groups excluding carboxylic acids is 1. The summed E-state index contributed by atoms with van der Waals surface area (Å²) in [6.07, 6.45) is 0.759. The maximum atomic E-state index is 10.4. The van der Waals surface area contributed by atoms with Crippen molar-refractivity contribution >= 4 is 44.9 Å². The Morgan fingerprint density at radius 2 is 2.27 bits per heavy atom. The minimum absolute atomic E-state index is 0. The molecule has 0 atom stereocenters. The van der Waals surface area contributed by atoms with Crippen molar-refractivity contribution < 1.29 is 49.0 Å². The maximum Gasteiger partial charge on any atom is 1.00 e. The molecule has 1 aromatic carbocycles. The molecule has 22 heavy (non-hydrogen) atoms. The first kappa shape index (κ1) is 17.6. The number of aliphatic carboxylic acids is 1. The van der Waals surface area contributed by atoms with Crippen molar-refractivity contribution in [3.63, 3.8) is 0 Å². The van der Waals surface area contributed by atoms with E-state index < -0.39 is 12.6 Å². The van der Waals surface area contributed by atoms with Crippen LogP contribution < -0.4 is 39.4 Å². The number of rotatable bonds is 4. The topological polar surface area (TPSA) is 71.0 Å². The summed E-state index contributed by atoms with van der Waals surface area (Å²) in [5.74, 6) is 0.440. The molecule has 2 heterocycles. The number of benzene rings is 1. The number of hydrogen-bond donors (Lipinski definition) is 0. The van der Waals surface area contributed by atoms with E-state index in [0.29, 0.717) is 0 Å². The van der Waals surface area contributed by atoms with Gasteiger partial charge in [-0.15, -0.1) is 23.1 Å². The van der Waals surface area contributed by atoms with Gasteiger partial charge in [-0.2, -0.15) is 0 Å². The number of fused-ring (bicyclic) bond motifs is 3. The van der Waals surface area contributed by atoms with Crippen LogP contribution in [0.5, 0.6) is 5.75 Å². The van der Waals surface area contributed by atoms with E-state index in [-0.39, 0.29) is 29.6 Å². The molecule has 0 saturated carbocycles. The van der Waals surface area contributed by atoms with Crippen molar-refractivity contribution in [2.45, 2.75) is 11.3 Å². The SMILES string of the molecule is COc1ccc2sc3c(c2c1)SCCC3=NOCC(=O)[O-].[Na+]. The second-order valence-electron chi connectivity index (χ2n) is 4.40. The van der Waals surface area contributed by atoms with Gasteiger partial charge in [0, 0.05) is 27.2 Å². The van der Waals surface area contributed by atoms with Crippen LogP contribution in [-0.2, 0) is 9.63 Å². The van der Waals surface area contributed by atoms with Gasteiger partial charge in [0.15, 0.2) is 6.61 Å². The first-order valence-electron chi connectivity index (χ1n) is 6.31. The van der Waals surface area contributed by atoms with Gasteiger partial charge in [-0.3, -0.25) is 0 Å². The van der Waals surface area contributed by atoms with Gasteiger partial charge < -0.3 is 19.5 Å². The number of methoxy groups -OCH3 is 1. The quantitative estimate of drug-likeness (QED) is 0.519. The van der Waals surface area contributed by atoms with Gasteiger partial charge in [-0.25, -0.2) is 0 Å². The summed E-state index contributed by atoms with van der Waals surface area (Å²) in [6.45, 7) is -0.523. The van der Waals surface area contributed by atoms with Crippen LogP contribution in [0.3, 0.4) is 0 Å². The van der Waals surface area contributed by atoms with Gasteiger partial charge in [-0.1, -0.05) is 5.16 Å². The molecule has 0 saturated heterocycles. The van der Waals surface area contributed by atoms with E-state index in [2.05, 4.69) is 5.16 Å². The van der Waals surface area contributed by atoms with E-state index in [4.69, 9.17) is 9.57 Å². The molecule has 5 nitrogen and oxygen atoms in total. The number of ether oxygens (including phenoxy) is 1. The molecule has 0 N–H and O–H groups in total. The average Bonchev–Trinajstić information content (AvgIpc) is 2.85. The Bertz CT molecular complexity index is 729. The fourth-order valence-corrected chi connectivity index (χ4v) is 4.65. The summed E-state index contributed by atoms with van der Waals surface area (Å²) in [7, 11) is 1.65. The summed E-state index contributed by atoms with van der Waals surface area (Å²) in [6, 6.07) is 5.97. The molecule has 0 unspecified atom stereocenters. The molecular weight excluding hydrogens is 333 g/mol. The average molecular weight is 345 g/mol. The largest absolute Gasteiger partial charge is 1.00 e. The Kier molecular flexibility index (Phi) is 6.17. The molecule has 1 aromatic heterocycles. The van der Waals surface area contributed by atoms with Crippen LogP contribution in [0.1, 0.15) is 11.3 Å². The van der Waals surface area contributed by atoms with Gasteiger partial charge in [0.1, 0.15) is 5.75 Å². The molecule has 8 heteroatoms. The predicted molar refractivity (Wildman–Crippen MR) is 81.2 cm³/mol. The fourth-order valence-electron chi connectivity index (χ4n) is 2.13. The zero-order chi connectivity index (χ0) is 14.8. The van der Waals surface area contributed by atoms with E-state index in [0.717, 1.165) is 43.5 Å². The standard InChI is InChI=1S/C14H13NO4S2.Na/c1-18-8-2-3-11-9(6-8)13-14(21-11)10(4-5-20-13)15-19-7-12(16)17;/h2-3,6H,4-5,7H2,1H3,(H,16,17);/q;+1/p-1. The van der Waals surface area contributed by atoms with Crippen molar-refractivity contribution in [2.75, 3.05) is 19.5 Å². The number of thioether (sulfide) groups is 1. The molecule has 0 amide bonds. The third kappa shape index (κ3) is 3.60. The summed E-state index contributed by atoms with van der Waals surface area (Å²) in [5, 5.41) is 15.5. The van der Waals surface area contributed by atoms with Gasteiger partial charge in [0.2, 0.25) is 0 Å². The van der Waals surface area contributed by atoms with Crippen molar-refractivity contribution in [3.05, 3.63) is 23.1 Å². The molecule has 2 aromatic rings. The van der Waals surface area contributed by atoms with Crippen LogP contribution in [0.15, 0.2) is 28.3 Å². The van der Waals surface area contributed by atoms with E-state index in [1.165, 1.54) is 0 Å². The third-order valence-electron chi connectivity index (χ3n) is 3.05. The summed E-state index contributed by atoms with van der Waals surface area (Å²) >= 11 is 3.41. The van der Waals surface area contributed by atoms with Gasteiger partial charge >= 0.3 is 29.6 Å². The number of carboxylic acids is 1. The van der Waals surface area contributed by atoms with Crippen LogP contribution in [0.2, 0.25) is 0 Å². The zero-order valence-corrected chi connectivity index (χ0v) is 15.9. The Balaban J connectivity index is 0.00000176. The van der Waals surface area contributed by atoms with E-state index in [1.54, 1.807) is 30.2 Å². The van der Waals surface area contributed by atoms with Crippen LogP contribution in [0.25, 0.3) is 10.1 Å². The first-order chi connectivity index (χ1) is 10.2. The molecule has 110 valence electrons. The van der Waals surface area contributed by atoms with Gasteiger partial charge in [0.25, 0.3) is 0 Å².